The monoisotopic (exact) mass is 415 g/mol. The van der Waals surface area contributed by atoms with Crippen molar-refractivity contribution in [3.8, 4) is 0 Å². The summed E-state index contributed by atoms with van der Waals surface area (Å²) >= 11 is 4.08. The first-order chi connectivity index (χ1) is 13.2. The summed E-state index contributed by atoms with van der Waals surface area (Å²) in [5.74, 6) is -1.95. The first-order valence-corrected chi connectivity index (χ1v) is 9.82. The Morgan fingerprint density at radius 1 is 0.786 bits per heavy atom. The molecule has 1 heterocycles. The number of hydrogen-bond donors (Lipinski definition) is 6. The van der Waals surface area contributed by atoms with Gasteiger partial charge in [0.25, 0.3) is 0 Å². The quantitative estimate of drug-likeness (QED) is 0.273. The minimum Gasteiger partial charge on any atom is -0.354 e. The molecular formula is C17H29N5O5S. The van der Waals surface area contributed by atoms with Crippen LogP contribution in [0.4, 0.5) is 0 Å². The third-order valence-corrected chi connectivity index (χ3v) is 4.50. The highest BCUT2D eigenvalue weighted by molar-refractivity contribution is 7.80. The van der Waals surface area contributed by atoms with E-state index in [1.54, 1.807) is 0 Å². The van der Waals surface area contributed by atoms with Gasteiger partial charge < -0.3 is 26.6 Å². The van der Waals surface area contributed by atoms with Crippen LogP contribution in [0.1, 0.15) is 26.7 Å². The van der Waals surface area contributed by atoms with Crippen LogP contribution in [0.15, 0.2) is 0 Å². The molecule has 0 bridgehead atoms. The summed E-state index contributed by atoms with van der Waals surface area (Å²) in [5.41, 5.74) is 0. The van der Waals surface area contributed by atoms with Crippen molar-refractivity contribution in [3.05, 3.63) is 0 Å². The topological polar surface area (TPSA) is 146 Å². The van der Waals surface area contributed by atoms with Gasteiger partial charge >= 0.3 is 0 Å². The number of carbonyl (C=O) groups is 5. The molecule has 5 N–H and O–H groups in total. The fraction of sp³-hybridized carbons (Fsp3) is 0.706. The molecule has 10 nitrogen and oxygen atoms in total. The number of thiol groups is 1. The van der Waals surface area contributed by atoms with E-state index in [1.165, 1.54) is 0 Å². The van der Waals surface area contributed by atoms with Crippen molar-refractivity contribution in [2.75, 3.05) is 31.9 Å². The Kier molecular flexibility index (Phi) is 10.4. The molecule has 1 rings (SSSR count). The zero-order valence-corrected chi connectivity index (χ0v) is 17.1. The van der Waals surface area contributed by atoms with Gasteiger partial charge in [-0.2, -0.15) is 12.6 Å². The number of hydrogen-bond acceptors (Lipinski definition) is 6. The third-order valence-electron chi connectivity index (χ3n) is 4.14. The lowest BCUT2D eigenvalue weighted by atomic mass is 9.94. The highest BCUT2D eigenvalue weighted by atomic mass is 32.1. The molecule has 0 aromatic heterocycles. The Bertz CT molecular complexity index is 600. The average Bonchev–Trinajstić information content (AvgIpc) is 2.64. The molecule has 0 aromatic rings. The van der Waals surface area contributed by atoms with Gasteiger partial charge in [0.1, 0.15) is 6.04 Å². The van der Waals surface area contributed by atoms with E-state index in [0.29, 0.717) is 13.0 Å². The highest BCUT2D eigenvalue weighted by Gasteiger charge is 2.21. The summed E-state index contributed by atoms with van der Waals surface area (Å²) in [6.07, 6.45) is 0.956. The number of amides is 5. The fourth-order valence-corrected chi connectivity index (χ4v) is 3.00. The smallest absolute Gasteiger partial charge is 0.243 e. The first kappa shape index (κ1) is 23.7. The van der Waals surface area contributed by atoms with Crippen LogP contribution in [-0.2, 0) is 24.0 Å². The summed E-state index contributed by atoms with van der Waals surface area (Å²) < 4.78 is 0. The summed E-state index contributed by atoms with van der Waals surface area (Å²) in [7, 11) is 0. The zero-order valence-electron chi connectivity index (χ0n) is 16.2. The molecule has 1 saturated heterocycles. The number of carbonyl (C=O) groups excluding carboxylic acids is 5. The van der Waals surface area contributed by atoms with Crippen LogP contribution in [0.3, 0.4) is 0 Å². The van der Waals surface area contributed by atoms with Gasteiger partial charge in [-0.1, -0.05) is 13.8 Å². The predicted molar refractivity (Wildman–Crippen MR) is 105 cm³/mol. The van der Waals surface area contributed by atoms with Crippen LogP contribution in [0.25, 0.3) is 0 Å². The van der Waals surface area contributed by atoms with Crippen LogP contribution in [0.2, 0.25) is 0 Å². The molecule has 0 saturated carbocycles. The Balaban J connectivity index is 2.75. The van der Waals surface area contributed by atoms with Crippen molar-refractivity contribution in [1.82, 2.24) is 26.6 Å². The second-order valence-electron chi connectivity index (χ2n) is 7.03. The second-order valence-corrected chi connectivity index (χ2v) is 7.39. The van der Waals surface area contributed by atoms with E-state index >= 15 is 0 Å². The number of nitrogens with one attached hydrogen (secondary N) is 5. The average molecular weight is 416 g/mol. The Labute approximate surface area is 169 Å². The van der Waals surface area contributed by atoms with Crippen molar-refractivity contribution in [1.29, 1.82) is 0 Å². The third kappa shape index (κ3) is 9.58. The van der Waals surface area contributed by atoms with E-state index in [9.17, 15) is 24.0 Å². The summed E-state index contributed by atoms with van der Waals surface area (Å²) in [6.45, 7) is 3.37. The molecule has 1 aliphatic rings. The van der Waals surface area contributed by atoms with E-state index in [1.807, 2.05) is 13.8 Å². The maximum absolute atomic E-state index is 12.2. The van der Waals surface area contributed by atoms with E-state index in [0.717, 1.165) is 0 Å². The van der Waals surface area contributed by atoms with E-state index in [2.05, 4.69) is 39.2 Å². The van der Waals surface area contributed by atoms with Crippen molar-refractivity contribution >= 4 is 42.2 Å². The van der Waals surface area contributed by atoms with Gasteiger partial charge in [-0.25, -0.2) is 0 Å². The molecule has 1 fully saturated rings. The summed E-state index contributed by atoms with van der Waals surface area (Å²) in [4.78, 5) is 59.4. The zero-order chi connectivity index (χ0) is 21.1. The predicted octanol–water partition coefficient (Wildman–Crippen LogP) is -2.07. The van der Waals surface area contributed by atoms with Gasteiger partial charge in [0.15, 0.2) is 0 Å². The van der Waals surface area contributed by atoms with Crippen molar-refractivity contribution in [3.63, 3.8) is 0 Å². The Morgan fingerprint density at radius 3 is 1.89 bits per heavy atom. The lowest BCUT2D eigenvalue weighted by Crippen LogP contribution is -2.51. The van der Waals surface area contributed by atoms with E-state index in [4.69, 9.17) is 0 Å². The van der Waals surface area contributed by atoms with Crippen LogP contribution < -0.4 is 26.6 Å². The lowest BCUT2D eigenvalue weighted by Gasteiger charge is -2.20. The van der Waals surface area contributed by atoms with Crippen LogP contribution >= 0.6 is 12.6 Å². The maximum atomic E-state index is 12.2. The maximum Gasteiger partial charge on any atom is 0.243 e. The molecule has 0 spiro atoms. The number of rotatable bonds is 1. The van der Waals surface area contributed by atoms with Crippen molar-refractivity contribution in [2.45, 2.75) is 32.7 Å². The summed E-state index contributed by atoms with van der Waals surface area (Å²) in [5, 5.41) is 12.5. The highest BCUT2D eigenvalue weighted by Crippen LogP contribution is 2.14. The van der Waals surface area contributed by atoms with Crippen molar-refractivity contribution in [2.24, 2.45) is 11.8 Å². The molecule has 28 heavy (non-hydrogen) atoms. The molecular weight excluding hydrogens is 386 g/mol. The molecule has 11 heteroatoms. The van der Waals surface area contributed by atoms with Gasteiger partial charge in [-0.05, 0) is 18.3 Å². The van der Waals surface area contributed by atoms with E-state index < -0.39 is 23.8 Å². The molecule has 1 aliphatic heterocycles. The van der Waals surface area contributed by atoms with Gasteiger partial charge in [-0.15, -0.1) is 0 Å². The molecule has 5 amide bonds. The van der Waals surface area contributed by atoms with E-state index in [-0.39, 0.29) is 55.5 Å². The minimum absolute atomic E-state index is 0.0585. The second kappa shape index (κ2) is 12.2. The first-order valence-electron chi connectivity index (χ1n) is 9.19. The molecule has 3 atom stereocenters. The molecule has 0 aromatic carbocycles. The minimum atomic E-state index is -0.829. The van der Waals surface area contributed by atoms with Crippen LogP contribution in [-0.4, -0.2) is 67.5 Å². The normalized spacial score (nSPS) is 27.1. The molecule has 3 unspecified atom stereocenters. The molecule has 0 aliphatic carbocycles. The fourth-order valence-electron chi connectivity index (χ4n) is 2.74. The largest absolute Gasteiger partial charge is 0.354 e. The van der Waals surface area contributed by atoms with Crippen molar-refractivity contribution < 1.29 is 24.0 Å². The standard InChI is InChI=1S/C17H29N5O5S/c1-10-3-11(2)5-21-17(27)12(9-28)22-16(26)8-20-15(25)7-19-14(24)6-18-13(23)4-10/h10-12,28H,3-9H2,1-2H3,(H,18,23)(H,19,24)(H,20,25)(H,21,27)(H,22,26). The van der Waals surface area contributed by atoms with Gasteiger partial charge in [-0.3, -0.25) is 24.0 Å². The van der Waals surface area contributed by atoms with Crippen LogP contribution in [0, 0.1) is 11.8 Å². The summed E-state index contributed by atoms with van der Waals surface area (Å²) in [6, 6.07) is -0.829. The van der Waals surface area contributed by atoms with Gasteiger partial charge in [0, 0.05) is 18.7 Å². The Morgan fingerprint density at radius 2 is 1.32 bits per heavy atom. The SMILES string of the molecule is CC1CNC(=O)C(CS)NC(=O)CNC(=O)CNC(=O)CNC(=O)CC(C)C1. The molecule has 158 valence electrons. The van der Waals surface area contributed by atoms with Crippen LogP contribution in [0.5, 0.6) is 0 Å². The molecule has 0 radical (unpaired) electrons. The van der Waals surface area contributed by atoms with Gasteiger partial charge in [0.05, 0.1) is 19.6 Å². The lowest BCUT2D eigenvalue weighted by molar-refractivity contribution is -0.130. The Hall–Kier alpha value is -2.30. The van der Waals surface area contributed by atoms with Gasteiger partial charge in [0.2, 0.25) is 29.5 Å².